The summed E-state index contributed by atoms with van der Waals surface area (Å²) in [6.07, 6.45) is 0.129. The van der Waals surface area contributed by atoms with Gasteiger partial charge in [0.1, 0.15) is 0 Å². The van der Waals surface area contributed by atoms with Gasteiger partial charge >= 0.3 is 5.69 Å². The van der Waals surface area contributed by atoms with Crippen molar-refractivity contribution in [3.63, 3.8) is 0 Å². The summed E-state index contributed by atoms with van der Waals surface area (Å²) in [5.74, 6) is -0.242. The number of para-hydroxylation sites is 2. The van der Waals surface area contributed by atoms with Crippen LogP contribution in [-0.4, -0.2) is 46.8 Å². The Kier molecular flexibility index (Phi) is 6.69. The van der Waals surface area contributed by atoms with Crippen LogP contribution in [0.5, 0.6) is 0 Å². The third-order valence-electron chi connectivity index (χ3n) is 5.48. The fourth-order valence-electron chi connectivity index (χ4n) is 3.66. The second-order valence-electron chi connectivity index (χ2n) is 7.82. The minimum absolute atomic E-state index is 0.129. The van der Waals surface area contributed by atoms with Crippen molar-refractivity contribution >= 4 is 43.4 Å². The Bertz CT molecular complexity index is 1500. The molecule has 0 bridgehead atoms. The highest BCUT2D eigenvalue weighted by Gasteiger charge is 2.17. The summed E-state index contributed by atoms with van der Waals surface area (Å²) in [5, 5.41) is 5.02. The predicted octanol–water partition coefficient (Wildman–Crippen LogP) is 3.23. The third kappa shape index (κ3) is 4.54. The average molecular weight is 500 g/mol. The number of imidazole rings is 1. The maximum absolute atomic E-state index is 12.7. The third-order valence-corrected chi connectivity index (χ3v) is 8.07. The molecule has 0 unspecified atom stereocenters. The first kappa shape index (κ1) is 23.9. The number of anilines is 1. The van der Waals surface area contributed by atoms with Crippen LogP contribution in [0.15, 0.2) is 63.6 Å². The number of fused-ring (bicyclic) bond motifs is 1. The highest BCUT2D eigenvalue weighted by molar-refractivity contribution is 7.89. The Hall–Kier alpha value is -3.28. The van der Waals surface area contributed by atoms with Crippen molar-refractivity contribution in [3.8, 4) is 11.3 Å². The van der Waals surface area contributed by atoms with Gasteiger partial charge in [0.05, 0.1) is 21.6 Å². The van der Waals surface area contributed by atoms with Crippen molar-refractivity contribution in [2.45, 2.75) is 31.3 Å². The smallest absolute Gasteiger partial charge is 0.302 e. The van der Waals surface area contributed by atoms with Crippen molar-refractivity contribution in [2.75, 3.05) is 19.4 Å². The number of thiazole rings is 1. The van der Waals surface area contributed by atoms with Gasteiger partial charge in [0.2, 0.25) is 15.9 Å². The summed E-state index contributed by atoms with van der Waals surface area (Å²) in [5.41, 5.74) is 2.90. The zero-order chi connectivity index (χ0) is 24.5. The summed E-state index contributed by atoms with van der Waals surface area (Å²) >= 11 is 1.28. The molecule has 9 nitrogen and oxygen atoms in total. The Morgan fingerprint density at radius 1 is 1.06 bits per heavy atom. The standard InChI is InChI=1S/C23H25N5O4S2/c1-4-27-19-7-5-6-8-20(19)28(23(27)30)14-13-21(29)25-22-24-18(15-33-22)16-9-11-17(12-10-16)34(31,32)26(2)3/h5-12,15H,4,13-14H2,1-3H3,(H,24,25,29). The summed E-state index contributed by atoms with van der Waals surface area (Å²) < 4.78 is 28.9. The van der Waals surface area contributed by atoms with Gasteiger partial charge in [-0.2, -0.15) is 0 Å². The molecule has 1 amide bonds. The lowest BCUT2D eigenvalue weighted by Gasteiger charge is -2.11. The highest BCUT2D eigenvalue weighted by Crippen LogP contribution is 2.26. The zero-order valence-corrected chi connectivity index (χ0v) is 20.7. The van der Waals surface area contributed by atoms with E-state index in [1.54, 1.807) is 26.6 Å². The molecule has 2 aromatic heterocycles. The number of hydrogen-bond donors (Lipinski definition) is 1. The Morgan fingerprint density at radius 3 is 2.32 bits per heavy atom. The molecule has 0 spiro atoms. The molecular weight excluding hydrogens is 474 g/mol. The van der Waals surface area contributed by atoms with Gasteiger partial charge in [0.25, 0.3) is 0 Å². The molecule has 0 atom stereocenters. The lowest BCUT2D eigenvalue weighted by molar-refractivity contribution is -0.116. The maximum Gasteiger partial charge on any atom is 0.329 e. The molecule has 0 saturated heterocycles. The van der Waals surface area contributed by atoms with Gasteiger partial charge in [-0.1, -0.05) is 24.3 Å². The van der Waals surface area contributed by atoms with Crippen LogP contribution in [-0.2, 0) is 27.9 Å². The average Bonchev–Trinajstić information content (AvgIpc) is 3.39. The number of carbonyl (C=O) groups excluding carboxylic acids is 1. The summed E-state index contributed by atoms with van der Waals surface area (Å²) in [6, 6.07) is 14.0. The Morgan fingerprint density at radius 2 is 1.71 bits per heavy atom. The number of aryl methyl sites for hydroxylation is 2. The molecule has 34 heavy (non-hydrogen) atoms. The summed E-state index contributed by atoms with van der Waals surface area (Å²) in [7, 11) is -0.534. The molecule has 0 aliphatic carbocycles. The van der Waals surface area contributed by atoms with Gasteiger partial charge in [-0.3, -0.25) is 13.9 Å². The van der Waals surface area contributed by atoms with Crippen LogP contribution < -0.4 is 11.0 Å². The molecule has 178 valence electrons. The van der Waals surface area contributed by atoms with Gasteiger partial charge < -0.3 is 5.32 Å². The number of aromatic nitrogens is 3. The van der Waals surface area contributed by atoms with Crippen LogP contribution in [0.3, 0.4) is 0 Å². The molecule has 2 heterocycles. The maximum atomic E-state index is 12.7. The fourth-order valence-corrected chi connectivity index (χ4v) is 5.30. The number of amides is 1. The summed E-state index contributed by atoms with van der Waals surface area (Å²) in [4.78, 5) is 29.9. The molecule has 0 radical (unpaired) electrons. The van der Waals surface area contributed by atoms with E-state index < -0.39 is 10.0 Å². The molecule has 0 aliphatic heterocycles. The van der Waals surface area contributed by atoms with Gasteiger partial charge in [-0.05, 0) is 31.2 Å². The van der Waals surface area contributed by atoms with E-state index >= 15 is 0 Å². The normalized spacial score (nSPS) is 11.9. The number of nitrogens with one attached hydrogen (secondary N) is 1. The van der Waals surface area contributed by atoms with Crippen molar-refractivity contribution in [2.24, 2.45) is 0 Å². The predicted molar refractivity (Wildman–Crippen MR) is 134 cm³/mol. The quantitative estimate of drug-likeness (QED) is 0.401. The van der Waals surface area contributed by atoms with Crippen LogP contribution in [0.1, 0.15) is 13.3 Å². The number of benzene rings is 2. The van der Waals surface area contributed by atoms with E-state index in [0.717, 1.165) is 20.9 Å². The fraction of sp³-hybridized carbons (Fsp3) is 0.261. The monoisotopic (exact) mass is 499 g/mol. The van der Waals surface area contributed by atoms with Crippen LogP contribution >= 0.6 is 11.3 Å². The minimum atomic E-state index is -3.50. The molecule has 1 N–H and O–H groups in total. The lowest BCUT2D eigenvalue weighted by atomic mass is 10.2. The first-order chi connectivity index (χ1) is 16.2. The molecule has 11 heteroatoms. The van der Waals surface area contributed by atoms with Gasteiger partial charge in [0.15, 0.2) is 5.13 Å². The second-order valence-corrected chi connectivity index (χ2v) is 10.8. The van der Waals surface area contributed by atoms with E-state index in [1.165, 1.54) is 37.6 Å². The van der Waals surface area contributed by atoms with E-state index in [2.05, 4.69) is 10.3 Å². The van der Waals surface area contributed by atoms with Crippen LogP contribution in [0, 0.1) is 0 Å². The Balaban J connectivity index is 1.43. The number of nitrogens with zero attached hydrogens (tertiary/aromatic N) is 4. The zero-order valence-electron chi connectivity index (χ0n) is 19.1. The molecule has 4 rings (SSSR count). The van der Waals surface area contributed by atoms with Crippen molar-refractivity contribution in [3.05, 3.63) is 64.4 Å². The van der Waals surface area contributed by atoms with Gasteiger partial charge in [0, 0.05) is 44.5 Å². The van der Waals surface area contributed by atoms with E-state index in [0.29, 0.717) is 17.4 Å². The van der Waals surface area contributed by atoms with E-state index in [1.807, 2.05) is 31.2 Å². The largest absolute Gasteiger partial charge is 0.329 e. The first-order valence-corrected chi connectivity index (χ1v) is 13.0. The highest BCUT2D eigenvalue weighted by atomic mass is 32.2. The van der Waals surface area contributed by atoms with Crippen molar-refractivity contribution < 1.29 is 13.2 Å². The van der Waals surface area contributed by atoms with Crippen LogP contribution in [0.4, 0.5) is 5.13 Å². The number of hydrogen-bond acceptors (Lipinski definition) is 6. The van der Waals surface area contributed by atoms with E-state index in [9.17, 15) is 18.0 Å². The van der Waals surface area contributed by atoms with Gasteiger partial charge in [-0.15, -0.1) is 11.3 Å². The molecule has 0 aliphatic rings. The van der Waals surface area contributed by atoms with E-state index in [4.69, 9.17) is 0 Å². The topological polar surface area (TPSA) is 106 Å². The second kappa shape index (κ2) is 9.53. The van der Waals surface area contributed by atoms with Crippen molar-refractivity contribution in [1.29, 1.82) is 0 Å². The van der Waals surface area contributed by atoms with E-state index in [-0.39, 0.29) is 29.5 Å². The summed E-state index contributed by atoms with van der Waals surface area (Å²) in [6.45, 7) is 2.74. The molecule has 2 aromatic carbocycles. The van der Waals surface area contributed by atoms with Crippen molar-refractivity contribution in [1.82, 2.24) is 18.4 Å². The SMILES string of the molecule is CCn1c(=O)n(CCC(=O)Nc2nc(-c3ccc(S(=O)(=O)N(C)C)cc3)cs2)c2ccccc21. The van der Waals surface area contributed by atoms with Crippen LogP contribution in [0.2, 0.25) is 0 Å². The lowest BCUT2D eigenvalue weighted by Crippen LogP contribution is -2.25. The first-order valence-electron chi connectivity index (χ1n) is 10.7. The van der Waals surface area contributed by atoms with Crippen LogP contribution in [0.25, 0.3) is 22.3 Å². The molecule has 0 fully saturated rings. The Labute approximate surface area is 201 Å². The molecule has 0 saturated carbocycles. The number of carbonyl (C=O) groups is 1. The number of sulfonamides is 1. The van der Waals surface area contributed by atoms with Gasteiger partial charge in [-0.25, -0.2) is 22.5 Å². The number of rotatable bonds is 8. The minimum Gasteiger partial charge on any atom is -0.302 e. The molecular formula is C23H25N5O4S2. The molecule has 4 aromatic rings.